The molecular weight excluding hydrogens is 314 g/mol. The zero-order chi connectivity index (χ0) is 16.9. The minimum atomic E-state index is 0.777. The zero-order valence-corrected chi connectivity index (χ0v) is 13.7. The maximum absolute atomic E-state index is 4.43. The van der Waals surface area contributed by atoms with Crippen molar-refractivity contribution in [2.45, 2.75) is 0 Å². The van der Waals surface area contributed by atoms with Crippen molar-refractivity contribution in [1.29, 1.82) is 0 Å². The quantitative estimate of drug-likeness (QED) is 0.580. The van der Waals surface area contributed by atoms with Crippen LogP contribution in [0.2, 0.25) is 0 Å². The molecule has 0 aliphatic carbocycles. The molecule has 0 saturated heterocycles. The lowest BCUT2D eigenvalue weighted by molar-refractivity contribution is 0.960. The zero-order valence-electron chi connectivity index (χ0n) is 13.7. The molecule has 4 rings (SSSR count). The van der Waals surface area contributed by atoms with Gasteiger partial charge in [-0.1, -0.05) is 29.5 Å². The van der Waals surface area contributed by atoms with Crippen LogP contribution in [0.5, 0.6) is 0 Å². The molecule has 7 nitrogen and oxygen atoms in total. The van der Waals surface area contributed by atoms with Crippen molar-refractivity contribution in [1.82, 2.24) is 10.6 Å². The fraction of sp³-hybridized carbons (Fsp3) is 0.222. The second-order valence-corrected chi connectivity index (χ2v) is 5.76. The topological polar surface area (TPSA) is 85.5 Å². The number of benzene rings is 2. The number of aliphatic imine (C=N–C) groups is 2. The average molecular weight is 333 g/mol. The van der Waals surface area contributed by atoms with Gasteiger partial charge < -0.3 is 10.6 Å². The average Bonchev–Trinajstić information content (AvgIpc) is 3.36. The van der Waals surface area contributed by atoms with Crippen LogP contribution in [-0.4, -0.2) is 37.9 Å². The molecule has 0 amide bonds. The summed E-state index contributed by atoms with van der Waals surface area (Å²) < 4.78 is 0. The molecule has 3 N–H and O–H groups in total. The lowest BCUT2D eigenvalue weighted by Crippen LogP contribution is -2.19. The van der Waals surface area contributed by atoms with Crippen molar-refractivity contribution in [3.8, 4) is 0 Å². The van der Waals surface area contributed by atoms with E-state index in [2.05, 4.69) is 36.4 Å². The molecule has 2 aromatic carbocycles. The van der Waals surface area contributed by atoms with Crippen LogP contribution in [0.25, 0.3) is 0 Å². The molecule has 0 bridgehead atoms. The summed E-state index contributed by atoms with van der Waals surface area (Å²) in [6.07, 6.45) is 0. The second kappa shape index (κ2) is 7.12. The number of rotatable bonds is 5. The van der Waals surface area contributed by atoms with Gasteiger partial charge in [0, 0.05) is 24.2 Å². The van der Waals surface area contributed by atoms with Crippen molar-refractivity contribution in [3.63, 3.8) is 0 Å². The van der Waals surface area contributed by atoms with E-state index in [1.807, 2.05) is 48.5 Å². The third-order valence-electron chi connectivity index (χ3n) is 3.95. The Kier molecular flexibility index (Phi) is 4.37. The Morgan fingerprint density at radius 2 is 1.52 bits per heavy atom. The molecule has 0 aromatic heterocycles. The summed E-state index contributed by atoms with van der Waals surface area (Å²) in [6.45, 7) is 3.42. The van der Waals surface area contributed by atoms with Crippen LogP contribution in [0.1, 0.15) is 11.1 Å². The molecule has 2 aromatic rings. The molecule has 2 aliphatic rings. The number of nitrogens with one attached hydrogen (secondary N) is 3. The van der Waals surface area contributed by atoms with E-state index >= 15 is 0 Å². The maximum atomic E-state index is 4.43. The van der Waals surface area contributed by atoms with Gasteiger partial charge in [0.25, 0.3) is 0 Å². The van der Waals surface area contributed by atoms with Gasteiger partial charge in [-0.3, -0.25) is 15.4 Å². The van der Waals surface area contributed by atoms with Gasteiger partial charge in [-0.05, 0) is 24.3 Å². The van der Waals surface area contributed by atoms with E-state index in [0.717, 1.165) is 60.4 Å². The smallest absolute Gasteiger partial charge is 0.128 e. The number of nitrogens with zero attached hydrogens (tertiary/aromatic N) is 4. The third kappa shape index (κ3) is 3.65. The number of hydrogen-bond donors (Lipinski definition) is 3. The molecular formula is C18H19N7. The van der Waals surface area contributed by atoms with E-state index in [0.29, 0.717) is 0 Å². The van der Waals surface area contributed by atoms with Crippen molar-refractivity contribution < 1.29 is 0 Å². The molecule has 2 aliphatic heterocycles. The van der Waals surface area contributed by atoms with Crippen molar-refractivity contribution in [3.05, 3.63) is 59.7 Å². The van der Waals surface area contributed by atoms with Crippen molar-refractivity contribution in [2.75, 3.05) is 31.6 Å². The highest BCUT2D eigenvalue weighted by Crippen LogP contribution is 2.17. The standard InChI is InChI=1S/C18H19N7/c1-3-13(17-19-7-8-20-17)11-15(5-1)23-25-24-16-6-2-4-14(12-16)18-21-9-10-22-18/h1-6,11-12H,7-10H2,(H,19,20)(H,21,22)(H,23,24). The largest absolute Gasteiger partial charge is 0.368 e. The molecule has 0 spiro atoms. The van der Waals surface area contributed by atoms with Crippen LogP contribution in [0.3, 0.4) is 0 Å². The first kappa shape index (κ1) is 15.3. The van der Waals surface area contributed by atoms with Crippen LogP contribution in [0.4, 0.5) is 11.4 Å². The van der Waals surface area contributed by atoms with Crippen LogP contribution in [-0.2, 0) is 0 Å². The van der Waals surface area contributed by atoms with Gasteiger partial charge in [0.1, 0.15) is 11.7 Å². The molecule has 0 unspecified atom stereocenters. The van der Waals surface area contributed by atoms with Crippen LogP contribution in [0, 0.1) is 0 Å². The Balaban J connectivity index is 1.44. The highest BCUT2D eigenvalue weighted by Gasteiger charge is 2.09. The highest BCUT2D eigenvalue weighted by atomic mass is 15.4. The predicted octanol–water partition coefficient (Wildman–Crippen LogP) is 2.50. The molecule has 126 valence electrons. The summed E-state index contributed by atoms with van der Waals surface area (Å²) in [7, 11) is 0. The lowest BCUT2D eigenvalue weighted by atomic mass is 10.2. The molecule has 0 radical (unpaired) electrons. The van der Waals surface area contributed by atoms with Gasteiger partial charge in [0.2, 0.25) is 0 Å². The Bertz CT molecular complexity index is 854. The Hall–Kier alpha value is -3.22. The van der Waals surface area contributed by atoms with E-state index in [-0.39, 0.29) is 0 Å². The Morgan fingerprint density at radius 3 is 2.20 bits per heavy atom. The van der Waals surface area contributed by atoms with E-state index in [1.54, 1.807) is 0 Å². The SMILES string of the molecule is c1cc(N=NNc2cccc(C3=NCCN3)c2)cc(C2=NCCN2)c1. The third-order valence-corrected chi connectivity index (χ3v) is 3.95. The number of anilines is 1. The van der Waals surface area contributed by atoms with Gasteiger partial charge in [-0.25, -0.2) is 0 Å². The molecule has 0 saturated carbocycles. The first-order valence-corrected chi connectivity index (χ1v) is 8.33. The van der Waals surface area contributed by atoms with Gasteiger partial charge in [0.15, 0.2) is 0 Å². The van der Waals surface area contributed by atoms with E-state index in [1.165, 1.54) is 0 Å². The summed E-state index contributed by atoms with van der Waals surface area (Å²) in [5.41, 5.74) is 6.70. The van der Waals surface area contributed by atoms with Crippen molar-refractivity contribution >= 4 is 23.0 Å². The number of amidine groups is 2. The minimum Gasteiger partial charge on any atom is -0.368 e. The van der Waals surface area contributed by atoms with E-state index in [9.17, 15) is 0 Å². The normalized spacial score (nSPS) is 16.3. The Labute approximate surface area is 146 Å². The van der Waals surface area contributed by atoms with Gasteiger partial charge in [-0.2, -0.15) is 0 Å². The highest BCUT2D eigenvalue weighted by molar-refractivity contribution is 6.00. The summed E-state index contributed by atoms with van der Waals surface area (Å²) >= 11 is 0. The first-order valence-electron chi connectivity index (χ1n) is 8.33. The molecule has 0 atom stereocenters. The molecule has 7 heteroatoms. The maximum Gasteiger partial charge on any atom is 0.128 e. The van der Waals surface area contributed by atoms with Crippen molar-refractivity contribution in [2.24, 2.45) is 20.3 Å². The first-order chi connectivity index (χ1) is 12.4. The molecule has 25 heavy (non-hydrogen) atoms. The van der Waals surface area contributed by atoms with E-state index in [4.69, 9.17) is 0 Å². The molecule has 0 fully saturated rings. The van der Waals surface area contributed by atoms with Crippen LogP contribution >= 0.6 is 0 Å². The van der Waals surface area contributed by atoms with Crippen LogP contribution in [0.15, 0.2) is 68.9 Å². The van der Waals surface area contributed by atoms with E-state index < -0.39 is 0 Å². The monoisotopic (exact) mass is 333 g/mol. The summed E-state index contributed by atoms with van der Waals surface area (Å²) in [4.78, 5) is 8.85. The Morgan fingerprint density at radius 1 is 0.840 bits per heavy atom. The van der Waals surface area contributed by atoms with Gasteiger partial charge in [0.05, 0.1) is 24.5 Å². The van der Waals surface area contributed by atoms with Gasteiger partial charge >= 0.3 is 0 Å². The summed E-state index contributed by atoms with van der Waals surface area (Å²) in [5, 5.41) is 14.9. The second-order valence-electron chi connectivity index (χ2n) is 5.76. The minimum absolute atomic E-state index is 0.777. The summed E-state index contributed by atoms with van der Waals surface area (Å²) in [6, 6.07) is 15.8. The fourth-order valence-corrected chi connectivity index (χ4v) is 2.77. The van der Waals surface area contributed by atoms with Crippen LogP contribution < -0.4 is 16.1 Å². The van der Waals surface area contributed by atoms with Gasteiger partial charge in [-0.15, -0.1) is 5.11 Å². The fourth-order valence-electron chi connectivity index (χ4n) is 2.77. The molecule has 2 heterocycles. The lowest BCUT2D eigenvalue weighted by Gasteiger charge is -2.05. The predicted molar refractivity (Wildman–Crippen MR) is 99.8 cm³/mol. The summed E-state index contributed by atoms with van der Waals surface area (Å²) in [5.74, 6) is 1.85. The number of hydrogen-bond acceptors (Lipinski definition) is 6.